The normalized spacial score (nSPS) is 11.0. The molecule has 0 aromatic heterocycles. The lowest BCUT2D eigenvalue weighted by atomic mass is 10.0. The Kier molecular flexibility index (Phi) is 5.27. The van der Waals surface area contributed by atoms with Gasteiger partial charge in [0.05, 0.1) is 18.2 Å². The molecule has 0 saturated heterocycles. The van der Waals surface area contributed by atoms with Gasteiger partial charge in [0.25, 0.3) is 0 Å². The van der Waals surface area contributed by atoms with Crippen LogP contribution in [0.1, 0.15) is 18.1 Å². The summed E-state index contributed by atoms with van der Waals surface area (Å²) in [4.78, 5) is 0. The van der Waals surface area contributed by atoms with E-state index in [1.165, 1.54) is 0 Å². The second-order valence-electron chi connectivity index (χ2n) is 4.29. The maximum Gasteiger partial charge on any atom is 0.126 e. The third kappa shape index (κ3) is 4.01. The van der Waals surface area contributed by atoms with Crippen LogP contribution in [0, 0.1) is 11.3 Å². The zero-order valence-electron chi connectivity index (χ0n) is 11.4. The van der Waals surface area contributed by atoms with Crippen molar-refractivity contribution in [2.75, 3.05) is 6.61 Å². The molecule has 0 spiro atoms. The molecule has 4 heteroatoms. The number of halogens is 2. The van der Waals surface area contributed by atoms with E-state index in [0.29, 0.717) is 28.0 Å². The fourth-order valence-electron chi connectivity index (χ4n) is 1.88. The summed E-state index contributed by atoms with van der Waals surface area (Å²) in [6.45, 7) is 2.46. The van der Waals surface area contributed by atoms with Crippen LogP contribution in [0.3, 0.4) is 0 Å². The Bertz CT molecular complexity index is 700. The maximum absolute atomic E-state index is 9.38. The molecule has 2 aromatic rings. The molecule has 0 bridgehead atoms. The Balaban J connectivity index is 2.47. The molecule has 0 saturated carbocycles. The zero-order chi connectivity index (χ0) is 15.2. The number of hydrogen-bond donors (Lipinski definition) is 0. The summed E-state index contributed by atoms with van der Waals surface area (Å²) < 4.78 is 5.56. The lowest BCUT2D eigenvalue weighted by Gasteiger charge is -2.08. The Morgan fingerprint density at radius 3 is 2.43 bits per heavy atom. The SMILES string of the molecule is CCOc1ccc(Cl)cc1C=C(C#N)c1ccc(Cl)cc1. The number of allylic oxidation sites excluding steroid dienone is 1. The number of hydrogen-bond acceptors (Lipinski definition) is 2. The highest BCUT2D eigenvalue weighted by Crippen LogP contribution is 2.28. The largest absolute Gasteiger partial charge is 0.493 e. The third-order valence-corrected chi connectivity index (χ3v) is 3.33. The molecular formula is C17H13Cl2NO. The van der Waals surface area contributed by atoms with Gasteiger partial charge in [-0.3, -0.25) is 0 Å². The van der Waals surface area contributed by atoms with E-state index < -0.39 is 0 Å². The number of nitrogens with zero attached hydrogens (tertiary/aromatic N) is 1. The quantitative estimate of drug-likeness (QED) is 0.554. The summed E-state index contributed by atoms with van der Waals surface area (Å²) in [5.41, 5.74) is 2.09. The molecule has 0 radical (unpaired) electrons. The van der Waals surface area contributed by atoms with E-state index in [-0.39, 0.29) is 0 Å². The predicted molar refractivity (Wildman–Crippen MR) is 87.6 cm³/mol. The topological polar surface area (TPSA) is 33.0 Å². The van der Waals surface area contributed by atoms with Crippen LogP contribution < -0.4 is 4.74 Å². The molecule has 2 nitrogen and oxygen atoms in total. The summed E-state index contributed by atoms with van der Waals surface area (Å²) in [7, 11) is 0. The average molecular weight is 318 g/mol. The van der Waals surface area contributed by atoms with Gasteiger partial charge in [0, 0.05) is 15.6 Å². The van der Waals surface area contributed by atoms with Gasteiger partial charge in [-0.2, -0.15) is 5.26 Å². The van der Waals surface area contributed by atoms with Crippen molar-refractivity contribution in [3.05, 3.63) is 63.6 Å². The third-order valence-electron chi connectivity index (χ3n) is 2.85. The molecule has 2 rings (SSSR count). The summed E-state index contributed by atoms with van der Waals surface area (Å²) >= 11 is 11.9. The maximum atomic E-state index is 9.38. The molecule has 0 amide bonds. The molecule has 0 N–H and O–H groups in total. The lowest BCUT2D eigenvalue weighted by Crippen LogP contribution is -1.94. The molecule has 0 unspecified atom stereocenters. The van der Waals surface area contributed by atoms with Crippen molar-refractivity contribution in [3.63, 3.8) is 0 Å². The van der Waals surface area contributed by atoms with E-state index in [2.05, 4.69) is 6.07 Å². The molecule has 2 aromatic carbocycles. The standard InChI is InChI=1S/C17H13Cl2NO/c1-2-21-17-8-7-16(19)10-13(17)9-14(11-20)12-3-5-15(18)6-4-12/h3-10H,2H2,1H3. The van der Waals surface area contributed by atoms with Crippen LogP contribution in [0.25, 0.3) is 11.6 Å². The molecular weight excluding hydrogens is 305 g/mol. The first-order valence-electron chi connectivity index (χ1n) is 6.44. The first kappa shape index (κ1) is 15.4. The van der Waals surface area contributed by atoms with Gasteiger partial charge in [-0.1, -0.05) is 35.3 Å². The fraction of sp³-hybridized carbons (Fsp3) is 0.118. The van der Waals surface area contributed by atoms with Gasteiger partial charge >= 0.3 is 0 Å². The number of nitriles is 1. The van der Waals surface area contributed by atoms with Crippen LogP contribution in [0.15, 0.2) is 42.5 Å². The van der Waals surface area contributed by atoms with Crippen molar-refractivity contribution in [2.45, 2.75) is 6.92 Å². The molecule has 0 aliphatic heterocycles. The number of benzene rings is 2. The van der Waals surface area contributed by atoms with Crippen LogP contribution >= 0.6 is 23.2 Å². The van der Waals surface area contributed by atoms with Gasteiger partial charge in [-0.25, -0.2) is 0 Å². The summed E-state index contributed by atoms with van der Waals surface area (Å²) in [5, 5.41) is 10.6. The van der Waals surface area contributed by atoms with Gasteiger partial charge < -0.3 is 4.74 Å². The summed E-state index contributed by atoms with van der Waals surface area (Å²) in [5.74, 6) is 0.698. The van der Waals surface area contributed by atoms with Gasteiger partial charge in [-0.15, -0.1) is 0 Å². The van der Waals surface area contributed by atoms with E-state index in [0.717, 1.165) is 11.1 Å². The minimum atomic E-state index is 0.523. The first-order chi connectivity index (χ1) is 10.1. The van der Waals surface area contributed by atoms with Gasteiger partial charge in [0.2, 0.25) is 0 Å². The van der Waals surface area contributed by atoms with E-state index in [1.807, 2.05) is 19.1 Å². The van der Waals surface area contributed by atoms with Crippen LogP contribution in [-0.2, 0) is 0 Å². The van der Waals surface area contributed by atoms with Crippen LogP contribution in [-0.4, -0.2) is 6.61 Å². The minimum Gasteiger partial charge on any atom is -0.493 e. The van der Waals surface area contributed by atoms with Gasteiger partial charge in [0.15, 0.2) is 0 Å². The monoisotopic (exact) mass is 317 g/mol. The van der Waals surface area contributed by atoms with E-state index in [9.17, 15) is 5.26 Å². The fourth-order valence-corrected chi connectivity index (χ4v) is 2.19. The molecule has 21 heavy (non-hydrogen) atoms. The van der Waals surface area contributed by atoms with Crippen molar-refractivity contribution >= 4 is 34.9 Å². The second kappa shape index (κ2) is 7.17. The Labute approximate surface area is 134 Å². The van der Waals surface area contributed by atoms with Crippen molar-refractivity contribution < 1.29 is 4.74 Å². The highest BCUT2D eigenvalue weighted by molar-refractivity contribution is 6.31. The molecule has 0 heterocycles. The molecule has 106 valence electrons. The van der Waals surface area contributed by atoms with Crippen LogP contribution in [0.4, 0.5) is 0 Å². The van der Waals surface area contributed by atoms with Crippen molar-refractivity contribution in [1.29, 1.82) is 5.26 Å². The first-order valence-corrected chi connectivity index (χ1v) is 7.19. The van der Waals surface area contributed by atoms with Crippen molar-refractivity contribution in [2.24, 2.45) is 0 Å². The zero-order valence-corrected chi connectivity index (χ0v) is 12.9. The molecule has 0 fully saturated rings. The number of rotatable bonds is 4. The van der Waals surface area contributed by atoms with E-state index in [1.54, 1.807) is 36.4 Å². The van der Waals surface area contributed by atoms with Gasteiger partial charge in [-0.05, 0) is 48.9 Å². The second-order valence-corrected chi connectivity index (χ2v) is 5.16. The smallest absolute Gasteiger partial charge is 0.126 e. The minimum absolute atomic E-state index is 0.523. The molecule has 0 atom stereocenters. The average Bonchev–Trinajstić information content (AvgIpc) is 2.48. The van der Waals surface area contributed by atoms with Crippen molar-refractivity contribution in [1.82, 2.24) is 0 Å². The number of ether oxygens (including phenoxy) is 1. The van der Waals surface area contributed by atoms with Gasteiger partial charge in [0.1, 0.15) is 5.75 Å². The Morgan fingerprint density at radius 1 is 1.14 bits per heavy atom. The van der Waals surface area contributed by atoms with Crippen LogP contribution in [0.2, 0.25) is 10.0 Å². The van der Waals surface area contributed by atoms with Crippen LogP contribution in [0.5, 0.6) is 5.75 Å². The highest BCUT2D eigenvalue weighted by atomic mass is 35.5. The predicted octanol–water partition coefficient (Wildman–Crippen LogP) is 5.46. The van der Waals surface area contributed by atoms with Crippen molar-refractivity contribution in [3.8, 4) is 11.8 Å². The van der Waals surface area contributed by atoms with E-state index in [4.69, 9.17) is 27.9 Å². The highest BCUT2D eigenvalue weighted by Gasteiger charge is 2.06. The van der Waals surface area contributed by atoms with E-state index >= 15 is 0 Å². The summed E-state index contributed by atoms with van der Waals surface area (Å²) in [6, 6.07) is 14.7. The Hall–Kier alpha value is -1.95. The summed E-state index contributed by atoms with van der Waals surface area (Å²) in [6.07, 6.45) is 1.76. The lowest BCUT2D eigenvalue weighted by molar-refractivity contribution is 0.339. The Morgan fingerprint density at radius 2 is 1.81 bits per heavy atom. The molecule has 0 aliphatic rings. The molecule has 0 aliphatic carbocycles.